The second-order valence-corrected chi connectivity index (χ2v) is 3.53. The van der Waals surface area contributed by atoms with Crippen molar-refractivity contribution < 1.29 is 13.6 Å². The average molecular weight is 235 g/mol. The quantitative estimate of drug-likeness (QED) is 0.819. The molecule has 0 bridgehead atoms. The van der Waals surface area contributed by atoms with Crippen LogP contribution < -0.4 is 5.48 Å². The molecule has 4 heteroatoms. The summed E-state index contributed by atoms with van der Waals surface area (Å²) in [6.07, 6.45) is 0. The van der Waals surface area contributed by atoms with Gasteiger partial charge in [0, 0.05) is 6.07 Å². The summed E-state index contributed by atoms with van der Waals surface area (Å²) in [5.74, 6) is -1.29. The van der Waals surface area contributed by atoms with Gasteiger partial charge < -0.3 is 0 Å². The molecule has 0 saturated heterocycles. The van der Waals surface area contributed by atoms with E-state index in [1.807, 2.05) is 30.3 Å². The van der Waals surface area contributed by atoms with Crippen LogP contribution in [0.5, 0.6) is 0 Å². The molecule has 0 aliphatic heterocycles. The summed E-state index contributed by atoms with van der Waals surface area (Å²) < 4.78 is 25.7. The molecule has 2 aromatic rings. The normalized spacial score (nSPS) is 10.2. The zero-order valence-corrected chi connectivity index (χ0v) is 8.99. The summed E-state index contributed by atoms with van der Waals surface area (Å²) in [7, 11) is 0. The molecule has 0 aliphatic rings. The van der Waals surface area contributed by atoms with Crippen LogP contribution in [0.3, 0.4) is 0 Å². The third-order valence-corrected chi connectivity index (χ3v) is 2.13. The highest BCUT2D eigenvalue weighted by atomic mass is 19.1. The smallest absolute Gasteiger partial charge is 0.128 e. The highest BCUT2D eigenvalue weighted by Gasteiger charge is 2.00. The molecule has 0 amide bonds. The van der Waals surface area contributed by atoms with Crippen LogP contribution in [0.4, 0.5) is 14.5 Å². The van der Waals surface area contributed by atoms with E-state index < -0.39 is 11.6 Å². The highest BCUT2D eigenvalue weighted by molar-refractivity contribution is 5.41. The Morgan fingerprint density at radius 1 is 0.941 bits per heavy atom. The molecular formula is C13H11F2NO. The lowest BCUT2D eigenvalue weighted by Gasteiger charge is -2.07. The van der Waals surface area contributed by atoms with Crippen LogP contribution in [0.1, 0.15) is 5.56 Å². The molecule has 0 unspecified atom stereocenters. The number of hydrogen-bond acceptors (Lipinski definition) is 2. The van der Waals surface area contributed by atoms with Crippen LogP contribution in [0.25, 0.3) is 0 Å². The van der Waals surface area contributed by atoms with E-state index in [1.54, 1.807) is 0 Å². The summed E-state index contributed by atoms with van der Waals surface area (Å²) in [6, 6.07) is 12.6. The molecular weight excluding hydrogens is 224 g/mol. The Morgan fingerprint density at radius 2 is 1.59 bits per heavy atom. The van der Waals surface area contributed by atoms with Gasteiger partial charge in [0.25, 0.3) is 0 Å². The predicted molar refractivity (Wildman–Crippen MR) is 61.2 cm³/mol. The van der Waals surface area contributed by atoms with Crippen LogP contribution in [0.15, 0.2) is 48.5 Å². The first-order chi connectivity index (χ1) is 8.24. The Bertz CT molecular complexity index is 468. The minimum Gasteiger partial charge on any atom is -0.271 e. The van der Waals surface area contributed by atoms with Crippen molar-refractivity contribution in [1.82, 2.24) is 0 Å². The van der Waals surface area contributed by atoms with Gasteiger partial charge in [-0.2, -0.15) is 0 Å². The molecule has 0 aliphatic carbocycles. The van der Waals surface area contributed by atoms with Crippen molar-refractivity contribution >= 4 is 5.69 Å². The molecule has 88 valence electrons. The van der Waals surface area contributed by atoms with Gasteiger partial charge in [0.2, 0.25) is 0 Å². The Morgan fingerprint density at radius 3 is 2.24 bits per heavy atom. The topological polar surface area (TPSA) is 21.3 Å². The molecule has 2 nitrogen and oxygen atoms in total. The predicted octanol–water partition coefficient (Wildman–Crippen LogP) is 3.51. The number of benzene rings is 2. The summed E-state index contributed by atoms with van der Waals surface area (Å²) in [5, 5.41) is 0. The number of hydrogen-bond donors (Lipinski definition) is 1. The van der Waals surface area contributed by atoms with Gasteiger partial charge in [-0.1, -0.05) is 30.3 Å². The second-order valence-electron chi connectivity index (χ2n) is 3.53. The first kappa shape index (κ1) is 11.5. The maximum absolute atomic E-state index is 12.8. The average Bonchev–Trinajstić information content (AvgIpc) is 2.29. The van der Waals surface area contributed by atoms with Gasteiger partial charge in [-0.3, -0.25) is 10.3 Å². The minimum atomic E-state index is -0.643. The van der Waals surface area contributed by atoms with E-state index in [4.69, 9.17) is 4.84 Å². The summed E-state index contributed by atoms with van der Waals surface area (Å²) in [5.41, 5.74) is 3.71. The van der Waals surface area contributed by atoms with E-state index >= 15 is 0 Å². The molecule has 0 heterocycles. The van der Waals surface area contributed by atoms with Crippen LogP contribution in [-0.2, 0) is 11.4 Å². The molecule has 0 fully saturated rings. The molecule has 2 aromatic carbocycles. The van der Waals surface area contributed by atoms with E-state index in [1.165, 1.54) is 0 Å². The number of halogens is 2. The third-order valence-electron chi connectivity index (χ3n) is 2.13. The van der Waals surface area contributed by atoms with Crippen molar-refractivity contribution in [2.45, 2.75) is 6.61 Å². The van der Waals surface area contributed by atoms with E-state index in [9.17, 15) is 8.78 Å². The van der Waals surface area contributed by atoms with Crippen LogP contribution >= 0.6 is 0 Å². The Labute approximate surface area is 97.8 Å². The van der Waals surface area contributed by atoms with Gasteiger partial charge in [0.15, 0.2) is 0 Å². The lowest BCUT2D eigenvalue weighted by Crippen LogP contribution is -2.02. The molecule has 0 spiro atoms. The molecule has 0 atom stereocenters. The Kier molecular flexibility index (Phi) is 3.67. The summed E-state index contributed by atoms with van der Waals surface area (Å²) >= 11 is 0. The minimum absolute atomic E-state index is 0.249. The van der Waals surface area contributed by atoms with Crippen LogP contribution in [-0.4, -0.2) is 0 Å². The Hall–Kier alpha value is -1.94. The van der Waals surface area contributed by atoms with Gasteiger partial charge in [-0.05, 0) is 17.7 Å². The molecule has 0 radical (unpaired) electrons. The zero-order chi connectivity index (χ0) is 12.1. The fourth-order valence-electron chi connectivity index (χ4n) is 1.39. The van der Waals surface area contributed by atoms with Gasteiger partial charge in [-0.15, -0.1) is 0 Å². The standard InChI is InChI=1S/C13H11F2NO/c14-11-6-12(15)8-13(7-11)16-17-9-10-4-2-1-3-5-10/h1-8,16H,9H2. The SMILES string of the molecule is Fc1cc(F)cc(NOCc2ccccc2)c1. The summed E-state index contributed by atoms with van der Waals surface area (Å²) in [4.78, 5) is 5.13. The van der Waals surface area contributed by atoms with Crippen molar-refractivity contribution in [3.63, 3.8) is 0 Å². The third kappa shape index (κ3) is 3.53. The molecule has 2 rings (SSSR count). The van der Waals surface area contributed by atoms with E-state index in [-0.39, 0.29) is 5.69 Å². The molecule has 0 aromatic heterocycles. The Balaban J connectivity index is 1.90. The largest absolute Gasteiger partial charge is 0.271 e. The highest BCUT2D eigenvalue weighted by Crippen LogP contribution is 2.13. The van der Waals surface area contributed by atoms with Crippen LogP contribution in [0, 0.1) is 11.6 Å². The van der Waals surface area contributed by atoms with Crippen molar-refractivity contribution in [2.24, 2.45) is 0 Å². The van der Waals surface area contributed by atoms with Crippen LogP contribution in [0.2, 0.25) is 0 Å². The summed E-state index contributed by atoms with van der Waals surface area (Å²) in [6.45, 7) is 0.318. The monoisotopic (exact) mass is 235 g/mol. The zero-order valence-electron chi connectivity index (χ0n) is 8.99. The lowest BCUT2D eigenvalue weighted by molar-refractivity contribution is 0.180. The van der Waals surface area contributed by atoms with Crippen molar-refractivity contribution in [3.05, 3.63) is 65.7 Å². The molecule has 0 saturated carbocycles. The van der Waals surface area contributed by atoms with Gasteiger partial charge in [0.1, 0.15) is 11.6 Å². The fraction of sp³-hybridized carbons (Fsp3) is 0.0769. The van der Waals surface area contributed by atoms with E-state index in [0.717, 1.165) is 23.8 Å². The molecule has 1 N–H and O–H groups in total. The lowest BCUT2D eigenvalue weighted by atomic mass is 10.2. The molecule has 17 heavy (non-hydrogen) atoms. The second kappa shape index (κ2) is 5.41. The van der Waals surface area contributed by atoms with Crippen molar-refractivity contribution in [1.29, 1.82) is 0 Å². The van der Waals surface area contributed by atoms with Gasteiger partial charge in [-0.25, -0.2) is 8.78 Å². The first-order valence-electron chi connectivity index (χ1n) is 5.12. The number of nitrogens with one attached hydrogen (secondary N) is 1. The van der Waals surface area contributed by atoms with E-state index in [0.29, 0.717) is 6.61 Å². The first-order valence-corrected chi connectivity index (χ1v) is 5.12. The van der Waals surface area contributed by atoms with Crippen molar-refractivity contribution in [3.8, 4) is 0 Å². The maximum atomic E-state index is 12.8. The van der Waals surface area contributed by atoms with E-state index in [2.05, 4.69) is 5.48 Å². The number of rotatable bonds is 4. The van der Waals surface area contributed by atoms with Gasteiger partial charge >= 0.3 is 0 Å². The fourth-order valence-corrected chi connectivity index (χ4v) is 1.39. The number of anilines is 1. The maximum Gasteiger partial charge on any atom is 0.128 e. The van der Waals surface area contributed by atoms with Gasteiger partial charge in [0.05, 0.1) is 12.3 Å². The van der Waals surface area contributed by atoms with Crippen molar-refractivity contribution in [2.75, 3.05) is 5.48 Å².